The van der Waals surface area contributed by atoms with Crippen LogP contribution in [0.15, 0.2) is 59.7 Å². The number of fused-ring (bicyclic) bond motifs is 1. The number of aliphatic carboxylic acids is 1. The summed E-state index contributed by atoms with van der Waals surface area (Å²) in [4.78, 5) is 59.5. The Labute approximate surface area is 267 Å². The first-order valence-electron chi connectivity index (χ1n) is 15.1. The number of nitrogens with one attached hydrogen (secondary N) is 4. The van der Waals surface area contributed by atoms with Crippen LogP contribution in [0.5, 0.6) is 5.75 Å². The number of nitrogens with zero attached hydrogens (tertiary/aromatic N) is 1. The molecule has 0 aliphatic rings. The Morgan fingerprint density at radius 2 is 1.48 bits per heavy atom. The number of aliphatic imine (C=N–C) groups is 1. The lowest BCUT2D eigenvalue weighted by Crippen LogP contribution is -2.58. The van der Waals surface area contributed by atoms with Crippen LogP contribution < -0.4 is 33.2 Å². The van der Waals surface area contributed by atoms with Crippen LogP contribution in [-0.4, -0.2) is 75.6 Å². The zero-order valence-electron chi connectivity index (χ0n) is 26.0. The summed E-state index contributed by atoms with van der Waals surface area (Å²) in [6.45, 7) is 3.96. The molecule has 4 unspecified atom stereocenters. The topological polar surface area (TPSA) is 251 Å². The van der Waals surface area contributed by atoms with E-state index < -0.39 is 47.9 Å². The number of hydrogen-bond donors (Lipinski definition) is 9. The standard InChI is InChI=1S/C32H44N8O6/c1-18(2)14-27(31(45)46)40-30(44)26(16-20-17-37-24-8-4-3-6-22(20)24)39-29(43)25(15-19-9-11-21(41)12-10-19)38-28(42)23(33)7-5-13-36-32(34)35/h3-4,6,8-12,17-18,23,25-27,37,41H,5,7,13-16,33H2,1-2H3,(H,38,42)(H,39,43)(H,40,44)(H,45,46)(H4,34,35,36). The smallest absolute Gasteiger partial charge is 0.326 e. The Morgan fingerprint density at radius 3 is 2.11 bits per heavy atom. The minimum atomic E-state index is -1.19. The summed E-state index contributed by atoms with van der Waals surface area (Å²) in [5.74, 6) is -3.20. The van der Waals surface area contributed by atoms with Crippen molar-refractivity contribution in [3.05, 3.63) is 65.9 Å². The van der Waals surface area contributed by atoms with Crippen molar-refractivity contribution in [2.45, 2.75) is 70.1 Å². The molecular weight excluding hydrogens is 592 g/mol. The van der Waals surface area contributed by atoms with Gasteiger partial charge in [0.1, 0.15) is 23.9 Å². The number of hydrogen-bond acceptors (Lipinski definition) is 7. The summed E-state index contributed by atoms with van der Waals surface area (Å²) in [6, 6.07) is 9.09. The molecule has 1 heterocycles. The molecule has 12 N–H and O–H groups in total. The maximum atomic E-state index is 13.8. The molecule has 0 bridgehead atoms. The third-order valence-corrected chi connectivity index (χ3v) is 7.37. The number of aromatic amines is 1. The molecule has 14 nitrogen and oxygen atoms in total. The molecule has 1 aromatic heterocycles. The normalized spacial score (nSPS) is 13.7. The van der Waals surface area contributed by atoms with Crippen molar-refractivity contribution in [2.24, 2.45) is 28.1 Å². The number of carbonyl (C=O) groups is 4. The molecule has 248 valence electrons. The molecular formula is C32H44N8O6. The maximum absolute atomic E-state index is 13.8. The van der Waals surface area contributed by atoms with Crippen LogP contribution in [0.3, 0.4) is 0 Å². The Balaban J connectivity index is 1.87. The molecule has 0 aliphatic heterocycles. The van der Waals surface area contributed by atoms with E-state index in [2.05, 4.69) is 25.9 Å². The van der Waals surface area contributed by atoms with Crippen molar-refractivity contribution >= 4 is 40.6 Å². The van der Waals surface area contributed by atoms with Crippen LogP contribution >= 0.6 is 0 Å². The first-order valence-corrected chi connectivity index (χ1v) is 15.1. The van der Waals surface area contributed by atoms with E-state index in [4.69, 9.17) is 17.2 Å². The number of rotatable bonds is 17. The van der Waals surface area contributed by atoms with Gasteiger partial charge >= 0.3 is 5.97 Å². The second kappa shape index (κ2) is 16.8. The number of aromatic nitrogens is 1. The summed E-state index contributed by atoms with van der Waals surface area (Å²) in [5, 5.41) is 28.3. The molecule has 0 fully saturated rings. The zero-order valence-corrected chi connectivity index (χ0v) is 26.0. The minimum absolute atomic E-state index is 0.0170. The van der Waals surface area contributed by atoms with Gasteiger partial charge in [0, 0.05) is 36.5 Å². The van der Waals surface area contributed by atoms with Crippen molar-refractivity contribution in [3.63, 3.8) is 0 Å². The van der Waals surface area contributed by atoms with Gasteiger partial charge < -0.3 is 48.3 Å². The minimum Gasteiger partial charge on any atom is -0.508 e. The predicted octanol–water partition coefficient (Wildman–Crippen LogP) is 0.625. The van der Waals surface area contributed by atoms with Gasteiger partial charge in [-0.15, -0.1) is 0 Å². The predicted molar refractivity (Wildman–Crippen MR) is 175 cm³/mol. The van der Waals surface area contributed by atoms with Gasteiger partial charge in [0.05, 0.1) is 6.04 Å². The monoisotopic (exact) mass is 636 g/mol. The Morgan fingerprint density at radius 1 is 0.870 bits per heavy atom. The lowest BCUT2D eigenvalue weighted by atomic mass is 10.00. The molecule has 3 amide bonds. The van der Waals surface area contributed by atoms with Crippen molar-refractivity contribution in [1.29, 1.82) is 0 Å². The molecule has 3 aromatic rings. The Hall–Kier alpha value is -5.11. The highest BCUT2D eigenvalue weighted by Crippen LogP contribution is 2.20. The van der Waals surface area contributed by atoms with E-state index in [1.165, 1.54) is 12.1 Å². The van der Waals surface area contributed by atoms with Gasteiger partial charge in [0.2, 0.25) is 17.7 Å². The number of H-pyrrole nitrogens is 1. The van der Waals surface area contributed by atoms with Gasteiger partial charge in [-0.3, -0.25) is 19.4 Å². The third-order valence-electron chi connectivity index (χ3n) is 7.37. The fourth-order valence-electron chi connectivity index (χ4n) is 4.97. The maximum Gasteiger partial charge on any atom is 0.326 e. The molecule has 14 heteroatoms. The third kappa shape index (κ3) is 10.8. The molecule has 3 rings (SSSR count). The molecule has 0 spiro atoms. The fourth-order valence-corrected chi connectivity index (χ4v) is 4.97. The number of guanidine groups is 1. The van der Waals surface area contributed by atoms with Crippen LogP contribution in [-0.2, 0) is 32.0 Å². The van der Waals surface area contributed by atoms with Crippen LogP contribution in [0.4, 0.5) is 0 Å². The summed E-state index contributed by atoms with van der Waals surface area (Å²) in [6.07, 6.45) is 2.65. The van der Waals surface area contributed by atoms with Gasteiger partial charge in [0.25, 0.3) is 0 Å². The lowest BCUT2D eigenvalue weighted by molar-refractivity contribution is -0.142. The van der Waals surface area contributed by atoms with Crippen LogP contribution in [0, 0.1) is 5.92 Å². The van der Waals surface area contributed by atoms with Crippen molar-refractivity contribution in [3.8, 4) is 5.75 Å². The molecule has 2 aromatic carbocycles. The summed E-state index contributed by atoms with van der Waals surface area (Å²) in [7, 11) is 0. The number of para-hydroxylation sites is 1. The average molecular weight is 637 g/mol. The first-order chi connectivity index (χ1) is 21.8. The van der Waals surface area contributed by atoms with Gasteiger partial charge in [0.15, 0.2) is 5.96 Å². The van der Waals surface area contributed by atoms with E-state index >= 15 is 0 Å². The van der Waals surface area contributed by atoms with Gasteiger partial charge in [-0.25, -0.2) is 4.79 Å². The van der Waals surface area contributed by atoms with E-state index in [1.807, 2.05) is 38.1 Å². The van der Waals surface area contributed by atoms with E-state index in [9.17, 15) is 29.4 Å². The van der Waals surface area contributed by atoms with Crippen LogP contribution in [0.2, 0.25) is 0 Å². The molecule has 4 atom stereocenters. The molecule has 0 saturated heterocycles. The second-order valence-corrected chi connectivity index (χ2v) is 11.6. The average Bonchev–Trinajstić information content (AvgIpc) is 3.41. The lowest BCUT2D eigenvalue weighted by Gasteiger charge is -2.26. The van der Waals surface area contributed by atoms with Crippen LogP contribution in [0.25, 0.3) is 10.9 Å². The summed E-state index contributed by atoms with van der Waals surface area (Å²) < 4.78 is 0. The number of carboxylic acid groups (broad SMARTS) is 1. The number of carboxylic acids is 1. The second-order valence-electron chi connectivity index (χ2n) is 11.6. The molecule has 0 radical (unpaired) electrons. The fraction of sp³-hybridized carbons (Fsp3) is 0.406. The molecule has 0 aliphatic carbocycles. The number of aromatic hydroxyl groups is 1. The van der Waals surface area contributed by atoms with Gasteiger partial charge in [-0.2, -0.15) is 0 Å². The molecule has 46 heavy (non-hydrogen) atoms. The van der Waals surface area contributed by atoms with Gasteiger partial charge in [-0.05, 0) is 54.5 Å². The number of carbonyl (C=O) groups excluding carboxylic acids is 3. The highest BCUT2D eigenvalue weighted by Gasteiger charge is 2.31. The van der Waals surface area contributed by atoms with E-state index in [0.29, 0.717) is 12.0 Å². The highest BCUT2D eigenvalue weighted by atomic mass is 16.4. The number of phenolic OH excluding ortho intramolecular Hbond substituents is 1. The van der Waals surface area contributed by atoms with E-state index in [0.717, 1.165) is 16.5 Å². The first kappa shape index (κ1) is 35.4. The number of nitrogens with two attached hydrogens (primary N) is 3. The Kier molecular flexibility index (Phi) is 12.9. The van der Waals surface area contributed by atoms with Crippen molar-refractivity contribution in [1.82, 2.24) is 20.9 Å². The highest BCUT2D eigenvalue weighted by molar-refractivity contribution is 5.95. The number of amides is 3. The number of phenols is 1. The van der Waals surface area contributed by atoms with E-state index in [1.54, 1.807) is 18.3 Å². The molecule has 0 saturated carbocycles. The van der Waals surface area contributed by atoms with E-state index in [-0.39, 0.29) is 49.9 Å². The SMILES string of the molecule is CC(C)CC(NC(=O)C(Cc1c[nH]c2ccccc12)NC(=O)C(Cc1ccc(O)cc1)NC(=O)C(N)CCCN=C(N)N)C(=O)O. The van der Waals surface area contributed by atoms with Crippen molar-refractivity contribution in [2.75, 3.05) is 6.54 Å². The summed E-state index contributed by atoms with van der Waals surface area (Å²) in [5.41, 5.74) is 19.0. The Bertz CT molecular complexity index is 1520. The number of benzene rings is 2. The quantitative estimate of drug-likeness (QED) is 0.0571. The largest absolute Gasteiger partial charge is 0.508 e. The summed E-state index contributed by atoms with van der Waals surface area (Å²) >= 11 is 0. The van der Waals surface area contributed by atoms with Crippen LogP contribution in [0.1, 0.15) is 44.2 Å². The van der Waals surface area contributed by atoms with Crippen molar-refractivity contribution < 1.29 is 29.4 Å². The zero-order chi connectivity index (χ0) is 33.8. The van der Waals surface area contributed by atoms with Gasteiger partial charge in [-0.1, -0.05) is 44.2 Å².